The van der Waals surface area contributed by atoms with Gasteiger partial charge in [-0.1, -0.05) is 6.42 Å². The number of hydrogen-bond donors (Lipinski definition) is 0. The van der Waals surface area contributed by atoms with Crippen molar-refractivity contribution < 1.29 is 9.13 Å². The molecule has 2 saturated heterocycles. The smallest absolute Gasteiger partial charge is 0.123 e. The third-order valence-electron chi connectivity index (χ3n) is 6.84. The van der Waals surface area contributed by atoms with Gasteiger partial charge in [-0.2, -0.15) is 5.10 Å². The first kappa shape index (κ1) is 18.1. The number of benzene rings is 1. The molecule has 0 N–H and O–H groups in total. The summed E-state index contributed by atoms with van der Waals surface area (Å²) in [7, 11) is 1.81. The molecular weight excluding hydrogens is 355 g/mol. The third-order valence-corrected chi connectivity index (χ3v) is 6.84. The Kier molecular flexibility index (Phi) is 4.85. The van der Waals surface area contributed by atoms with E-state index in [1.165, 1.54) is 55.6 Å². The van der Waals surface area contributed by atoms with E-state index in [0.29, 0.717) is 18.1 Å². The summed E-state index contributed by atoms with van der Waals surface area (Å²) in [5, 5.41) is 4.94. The van der Waals surface area contributed by atoms with Crippen molar-refractivity contribution in [2.45, 2.75) is 50.2 Å². The molecule has 1 aromatic heterocycles. The minimum Gasteiger partial charge on any atom is -0.379 e. The normalized spacial score (nSPS) is 22.3. The minimum atomic E-state index is -0.209. The first-order chi connectivity index (χ1) is 13.7. The molecule has 150 valence electrons. The van der Waals surface area contributed by atoms with Gasteiger partial charge in [-0.05, 0) is 49.9 Å². The summed E-state index contributed by atoms with van der Waals surface area (Å²) in [5.74, 6) is 0.367. The van der Waals surface area contributed by atoms with E-state index in [1.807, 2.05) is 11.8 Å². The van der Waals surface area contributed by atoms with Crippen molar-refractivity contribution in [3.63, 3.8) is 0 Å². The first-order valence-electron chi connectivity index (χ1n) is 10.6. The molecule has 0 atom stereocenters. The number of likely N-dealkylation sites (tertiary alicyclic amines) is 1. The fourth-order valence-electron chi connectivity index (χ4n) is 4.71. The van der Waals surface area contributed by atoms with Crippen LogP contribution in [0.2, 0.25) is 0 Å². The molecule has 0 amide bonds. The summed E-state index contributed by atoms with van der Waals surface area (Å²) in [6.45, 7) is 4.31. The van der Waals surface area contributed by atoms with E-state index in [9.17, 15) is 4.39 Å². The number of nitrogens with zero attached hydrogens (tertiary/aromatic N) is 4. The first-order valence-corrected chi connectivity index (χ1v) is 10.6. The quantitative estimate of drug-likeness (QED) is 0.789. The molecule has 5 nitrogen and oxygen atoms in total. The van der Waals surface area contributed by atoms with E-state index in [0.717, 1.165) is 31.9 Å². The van der Waals surface area contributed by atoms with Crippen LogP contribution in [-0.2, 0) is 4.74 Å². The Hall–Kier alpha value is -1.92. The fraction of sp³-hybridized carbons (Fsp3) is 0.591. The number of piperidine rings is 1. The van der Waals surface area contributed by atoms with Crippen molar-refractivity contribution in [2.75, 3.05) is 38.2 Å². The SMILES string of the molecule is COC1CN(C2CCN(c3cn(-c4ccc(F)cc4)nc3C3CCC3)CC2)C1. The van der Waals surface area contributed by atoms with Gasteiger partial charge < -0.3 is 9.64 Å². The van der Waals surface area contributed by atoms with Gasteiger partial charge in [0.25, 0.3) is 0 Å². The van der Waals surface area contributed by atoms with E-state index in [4.69, 9.17) is 9.84 Å². The van der Waals surface area contributed by atoms with Gasteiger partial charge in [0, 0.05) is 45.2 Å². The Morgan fingerprint density at radius 2 is 1.75 bits per heavy atom. The molecule has 3 heterocycles. The van der Waals surface area contributed by atoms with Crippen molar-refractivity contribution in [3.05, 3.63) is 42.0 Å². The second kappa shape index (κ2) is 7.48. The predicted molar refractivity (Wildman–Crippen MR) is 108 cm³/mol. The maximum atomic E-state index is 13.3. The Bertz CT molecular complexity index is 802. The summed E-state index contributed by atoms with van der Waals surface area (Å²) in [4.78, 5) is 5.09. The van der Waals surface area contributed by atoms with Crippen molar-refractivity contribution in [1.82, 2.24) is 14.7 Å². The molecule has 3 fully saturated rings. The van der Waals surface area contributed by atoms with Gasteiger partial charge in [-0.3, -0.25) is 4.90 Å². The summed E-state index contributed by atoms with van der Waals surface area (Å²) >= 11 is 0. The highest BCUT2D eigenvalue weighted by atomic mass is 19.1. The van der Waals surface area contributed by atoms with Crippen LogP contribution in [-0.4, -0.2) is 60.1 Å². The van der Waals surface area contributed by atoms with Gasteiger partial charge in [0.15, 0.2) is 0 Å². The van der Waals surface area contributed by atoms with E-state index in [1.54, 1.807) is 12.1 Å². The highest BCUT2D eigenvalue weighted by molar-refractivity contribution is 5.54. The molecule has 2 aliphatic heterocycles. The van der Waals surface area contributed by atoms with Crippen LogP contribution < -0.4 is 4.90 Å². The Morgan fingerprint density at radius 1 is 1.04 bits per heavy atom. The number of aromatic nitrogens is 2. The topological polar surface area (TPSA) is 33.5 Å². The number of ether oxygens (including phenoxy) is 1. The van der Waals surface area contributed by atoms with Crippen LogP contribution in [0, 0.1) is 5.82 Å². The average Bonchev–Trinajstić information content (AvgIpc) is 3.05. The maximum absolute atomic E-state index is 13.3. The van der Waals surface area contributed by atoms with E-state index < -0.39 is 0 Å². The molecule has 3 aliphatic rings. The van der Waals surface area contributed by atoms with Gasteiger partial charge in [-0.15, -0.1) is 0 Å². The lowest BCUT2D eigenvalue weighted by atomic mass is 9.82. The van der Waals surface area contributed by atoms with Crippen molar-refractivity contribution in [1.29, 1.82) is 0 Å². The monoisotopic (exact) mass is 384 g/mol. The average molecular weight is 384 g/mol. The molecule has 0 unspecified atom stereocenters. The van der Waals surface area contributed by atoms with Crippen LogP contribution in [0.5, 0.6) is 0 Å². The van der Waals surface area contributed by atoms with Crippen LogP contribution in [0.3, 0.4) is 0 Å². The zero-order chi connectivity index (χ0) is 19.1. The zero-order valence-corrected chi connectivity index (χ0v) is 16.6. The highest BCUT2D eigenvalue weighted by Crippen LogP contribution is 2.41. The summed E-state index contributed by atoms with van der Waals surface area (Å²) < 4.78 is 20.7. The number of rotatable bonds is 5. The number of halogens is 1. The summed E-state index contributed by atoms with van der Waals surface area (Å²) in [5.41, 5.74) is 3.44. The fourth-order valence-corrected chi connectivity index (χ4v) is 4.71. The van der Waals surface area contributed by atoms with Crippen molar-refractivity contribution >= 4 is 5.69 Å². The lowest BCUT2D eigenvalue weighted by Crippen LogP contribution is -2.58. The van der Waals surface area contributed by atoms with Gasteiger partial charge >= 0.3 is 0 Å². The standard InChI is InChI=1S/C22H29FN4O/c1-28-20-13-26(14-20)18-9-11-25(12-10-18)21-15-27(19-7-5-17(23)6-8-19)24-22(21)16-3-2-4-16/h5-8,15-16,18,20H,2-4,9-14H2,1H3. The molecule has 0 bridgehead atoms. The number of anilines is 1. The molecule has 0 spiro atoms. The molecule has 6 heteroatoms. The predicted octanol–water partition coefficient (Wildman–Crippen LogP) is 3.58. The van der Waals surface area contributed by atoms with Crippen LogP contribution in [0.25, 0.3) is 5.69 Å². The Labute approximate surface area is 166 Å². The van der Waals surface area contributed by atoms with Crippen LogP contribution in [0.15, 0.2) is 30.5 Å². The second-order valence-electron chi connectivity index (χ2n) is 8.48. The lowest BCUT2D eigenvalue weighted by Gasteiger charge is -2.46. The van der Waals surface area contributed by atoms with Gasteiger partial charge in [0.2, 0.25) is 0 Å². The van der Waals surface area contributed by atoms with Gasteiger partial charge in [-0.25, -0.2) is 9.07 Å². The Balaban J connectivity index is 1.32. The van der Waals surface area contributed by atoms with Crippen molar-refractivity contribution in [3.8, 4) is 5.69 Å². The van der Waals surface area contributed by atoms with Gasteiger partial charge in [0.05, 0.1) is 29.4 Å². The zero-order valence-electron chi connectivity index (χ0n) is 16.6. The molecule has 1 aromatic carbocycles. The summed E-state index contributed by atoms with van der Waals surface area (Å²) in [6.07, 6.45) is 8.74. The van der Waals surface area contributed by atoms with Crippen LogP contribution in [0.1, 0.15) is 43.7 Å². The van der Waals surface area contributed by atoms with Crippen molar-refractivity contribution in [2.24, 2.45) is 0 Å². The largest absolute Gasteiger partial charge is 0.379 e. The highest BCUT2D eigenvalue weighted by Gasteiger charge is 2.35. The third kappa shape index (κ3) is 3.33. The number of methoxy groups -OCH3 is 1. The van der Waals surface area contributed by atoms with E-state index in [2.05, 4.69) is 16.0 Å². The second-order valence-corrected chi connectivity index (χ2v) is 8.48. The lowest BCUT2D eigenvalue weighted by molar-refractivity contribution is -0.0546. The minimum absolute atomic E-state index is 0.209. The summed E-state index contributed by atoms with van der Waals surface area (Å²) in [6, 6.07) is 7.30. The van der Waals surface area contributed by atoms with E-state index >= 15 is 0 Å². The molecule has 0 radical (unpaired) electrons. The molecule has 5 rings (SSSR count). The molecule has 28 heavy (non-hydrogen) atoms. The molecule has 1 aliphatic carbocycles. The van der Waals surface area contributed by atoms with Crippen LogP contribution in [0.4, 0.5) is 10.1 Å². The van der Waals surface area contributed by atoms with E-state index in [-0.39, 0.29) is 5.82 Å². The number of hydrogen-bond acceptors (Lipinski definition) is 4. The molecular formula is C22H29FN4O. The molecule has 1 saturated carbocycles. The molecule has 2 aromatic rings. The van der Waals surface area contributed by atoms with Gasteiger partial charge in [0.1, 0.15) is 5.82 Å². The Morgan fingerprint density at radius 3 is 2.36 bits per heavy atom. The maximum Gasteiger partial charge on any atom is 0.123 e. The van der Waals surface area contributed by atoms with Crippen LogP contribution >= 0.6 is 0 Å².